The second-order valence-corrected chi connectivity index (χ2v) is 26.5. The Morgan fingerprint density at radius 3 is 1.78 bits per heavy atom. The van der Waals surface area contributed by atoms with Gasteiger partial charge < -0.3 is 93.7 Å². The van der Waals surface area contributed by atoms with Gasteiger partial charge in [0.15, 0.2) is 5.95 Å². The molecule has 0 radical (unpaired) electrons. The van der Waals surface area contributed by atoms with Crippen molar-refractivity contribution >= 4 is 96.1 Å². The lowest BCUT2D eigenvalue weighted by molar-refractivity contribution is -0.140. The highest BCUT2D eigenvalue weighted by molar-refractivity contribution is 8.19. The number of sulfonamides is 1. The summed E-state index contributed by atoms with van der Waals surface area (Å²) in [4.78, 5) is 129. The Balaban J connectivity index is 1.09. The SMILES string of the molecule is CCN1CCN(CC(=O)O)CCN(CC(=O)O)CCN(CC(=O)N[C@@H](CS(O)(O)O)C(=O)N[C@@H](CS(O)(O)O)C(=O)NCCNC(=O)CCCOc2cc(C)c(S(=O)(=O)N[C@@H](CNC(=O)c3cn(C)c4cc(CNc5ncc[nH]5)ccc4c3=O)C(=O)O)c(C)c2)CC1. The van der Waals surface area contributed by atoms with Crippen LogP contribution in [0.25, 0.3) is 10.9 Å². The number of ether oxygens (including phenoxy) is 1. The van der Waals surface area contributed by atoms with Gasteiger partial charge in [-0.25, -0.2) is 13.4 Å². The Bertz CT molecular complexity index is 3380. The Kier molecular flexibility index (Phi) is 28.5. The van der Waals surface area contributed by atoms with Crippen LogP contribution in [0.5, 0.6) is 5.75 Å². The summed E-state index contributed by atoms with van der Waals surface area (Å²) in [6.07, 6.45) is 4.54. The number of nitrogens with zero attached hydrogens (tertiary/aromatic N) is 6. The number of pyridine rings is 1. The highest BCUT2D eigenvalue weighted by atomic mass is 32.3. The van der Waals surface area contributed by atoms with Crippen LogP contribution >= 0.6 is 21.7 Å². The van der Waals surface area contributed by atoms with Crippen LogP contribution in [-0.4, -0.2) is 267 Å². The van der Waals surface area contributed by atoms with Gasteiger partial charge in [0.25, 0.3) is 5.91 Å². The van der Waals surface area contributed by atoms with E-state index >= 15 is 0 Å². The van der Waals surface area contributed by atoms with Gasteiger partial charge in [-0.15, -0.1) is 0 Å². The Hall–Kier alpha value is -7.57. The fourth-order valence-electron chi connectivity index (χ4n) is 9.78. The van der Waals surface area contributed by atoms with Crippen LogP contribution in [0.2, 0.25) is 0 Å². The Morgan fingerprint density at radius 2 is 1.25 bits per heavy atom. The average molecular weight is 1360 g/mol. The van der Waals surface area contributed by atoms with Crippen LogP contribution in [0.15, 0.2) is 58.6 Å². The van der Waals surface area contributed by atoms with E-state index in [-0.39, 0.29) is 105 Å². The summed E-state index contributed by atoms with van der Waals surface area (Å²) in [5.74, 6) is -10.3. The van der Waals surface area contributed by atoms with Crippen molar-refractivity contribution in [3.63, 3.8) is 0 Å². The molecule has 1 aliphatic rings. The van der Waals surface area contributed by atoms with E-state index in [0.29, 0.717) is 44.2 Å². The topological polar surface area (TPSA) is 510 Å². The van der Waals surface area contributed by atoms with Crippen LogP contribution in [-0.2, 0) is 57.2 Å². The average Bonchev–Trinajstić information content (AvgIpc) is 0.822. The number of amides is 5. The van der Waals surface area contributed by atoms with E-state index in [9.17, 15) is 94.2 Å². The molecule has 1 saturated heterocycles. The molecule has 35 nitrogen and oxygen atoms in total. The van der Waals surface area contributed by atoms with Gasteiger partial charge >= 0.3 is 17.9 Å². The lowest BCUT2D eigenvalue weighted by atomic mass is 10.1. The number of carboxylic acid groups (broad SMARTS) is 3. The van der Waals surface area contributed by atoms with Crippen LogP contribution in [0.4, 0.5) is 5.95 Å². The number of aliphatic carboxylic acids is 3. The Morgan fingerprint density at radius 1 is 0.696 bits per heavy atom. The monoisotopic (exact) mass is 1360 g/mol. The lowest BCUT2D eigenvalue weighted by Gasteiger charge is -2.33. The largest absolute Gasteiger partial charge is 0.494 e. The molecule has 0 aliphatic carbocycles. The van der Waals surface area contributed by atoms with Crippen LogP contribution in [0, 0.1) is 13.8 Å². The molecule has 1 aliphatic heterocycles. The number of aromatic nitrogens is 3. The zero-order valence-electron chi connectivity index (χ0n) is 51.0. The minimum Gasteiger partial charge on any atom is -0.494 e. The third-order valence-corrected chi connectivity index (χ3v) is 17.6. The van der Waals surface area contributed by atoms with Crippen molar-refractivity contribution in [3.8, 4) is 5.75 Å². The van der Waals surface area contributed by atoms with Crippen LogP contribution < -0.4 is 46.8 Å². The van der Waals surface area contributed by atoms with E-state index in [4.69, 9.17) is 4.74 Å². The molecule has 0 spiro atoms. The van der Waals surface area contributed by atoms with Crippen molar-refractivity contribution in [1.29, 1.82) is 0 Å². The summed E-state index contributed by atoms with van der Waals surface area (Å²) in [5.41, 5.74) is 0.696. The molecule has 0 unspecified atom stereocenters. The normalized spacial score (nSPS) is 15.8. The summed E-state index contributed by atoms with van der Waals surface area (Å²) in [5, 5.41) is 43.9. The number of imidazole rings is 1. The maximum atomic E-state index is 13.7. The number of nitrogens with one attached hydrogen (secondary N) is 8. The number of benzene rings is 2. The van der Waals surface area contributed by atoms with Gasteiger partial charge in [0.1, 0.15) is 29.4 Å². The maximum Gasteiger partial charge on any atom is 0.323 e. The number of anilines is 1. The number of aryl methyl sites for hydroxylation is 3. The molecule has 17 N–H and O–H groups in total. The third-order valence-electron chi connectivity index (χ3n) is 14.3. The van der Waals surface area contributed by atoms with Crippen molar-refractivity contribution < 1.29 is 94.1 Å². The molecule has 38 heteroatoms. The number of likely N-dealkylation sites (N-methyl/N-ethyl adjacent to an activating group) is 1. The molecule has 4 aromatic rings. The molecule has 5 amide bonds. The number of rotatable bonds is 33. The molecule has 512 valence electrons. The summed E-state index contributed by atoms with van der Waals surface area (Å²) in [6, 6.07) is 1.98. The lowest BCUT2D eigenvalue weighted by Crippen LogP contribution is -2.58. The first-order valence-corrected chi connectivity index (χ1v) is 33.6. The van der Waals surface area contributed by atoms with Gasteiger partial charge in [-0.3, -0.25) is 57.9 Å². The predicted molar refractivity (Wildman–Crippen MR) is 337 cm³/mol. The van der Waals surface area contributed by atoms with E-state index < -0.39 is 134 Å². The van der Waals surface area contributed by atoms with Gasteiger partial charge in [0, 0.05) is 116 Å². The molecule has 92 heavy (non-hydrogen) atoms. The number of aromatic amines is 1. The van der Waals surface area contributed by atoms with E-state index in [1.807, 2.05) is 11.8 Å². The molecular formula is C54H82N14O21S3. The number of H-pyrrole nitrogens is 1. The van der Waals surface area contributed by atoms with E-state index in [2.05, 4.69) is 46.6 Å². The van der Waals surface area contributed by atoms with Gasteiger partial charge in [-0.1, -0.05) is 13.0 Å². The molecule has 0 saturated carbocycles. The van der Waals surface area contributed by atoms with Gasteiger partial charge in [0.05, 0.1) is 69.9 Å². The molecule has 2 aromatic carbocycles. The zero-order chi connectivity index (χ0) is 68.1. The first kappa shape index (κ1) is 75.2. The number of hydrogen-bond acceptors (Lipinski definition) is 24. The summed E-state index contributed by atoms with van der Waals surface area (Å²) >= 11 is 0. The fraction of sp³-hybridized carbons (Fsp3) is 0.519. The van der Waals surface area contributed by atoms with Crippen LogP contribution in [0.3, 0.4) is 0 Å². The number of hydrogen-bond donors (Lipinski definition) is 17. The maximum absolute atomic E-state index is 13.7. The summed E-state index contributed by atoms with van der Waals surface area (Å²) in [7, 11) is -12.0. The van der Waals surface area contributed by atoms with Crippen molar-refractivity contribution in [2.45, 2.75) is 63.2 Å². The minimum atomic E-state index is -4.57. The van der Waals surface area contributed by atoms with E-state index in [1.165, 1.54) is 32.2 Å². The first-order chi connectivity index (χ1) is 43.2. The molecule has 2 aromatic heterocycles. The van der Waals surface area contributed by atoms with Crippen molar-refractivity contribution in [1.82, 2.24) is 65.4 Å². The fourth-order valence-corrected chi connectivity index (χ4v) is 12.8. The highest BCUT2D eigenvalue weighted by Crippen LogP contribution is 2.35. The van der Waals surface area contributed by atoms with Crippen molar-refractivity contribution in [2.24, 2.45) is 7.05 Å². The van der Waals surface area contributed by atoms with Gasteiger partial charge in [-0.05, 0) is 67.8 Å². The van der Waals surface area contributed by atoms with E-state index in [0.717, 1.165) is 5.56 Å². The predicted octanol–water partition coefficient (Wildman–Crippen LogP) is -1.13. The van der Waals surface area contributed by atoms with Gasteiger partial charge in [-0.2, -0.15) is 4.72 Å². The number of carbonyl (C=O) groups excluding carboxylic acids is 5. The summed E-state index contributed by atoms with van der Waals surface area (Å²) < 4.78 is 96.4. The minimum absolute atomic E-state index is 0.0531. The summed E-state index contributed by atoms with van der Waals surface area (Å²) in [6.45, 7) is 5.27. The molecule has 3 heterocycles. The first-order valence-electron chi connectivity index (χ1n) is 28.8. The van der Waals surface area contributed by atoms with Crippen LogP contribution in [0.1, 0.15) is 46.8 Å². The molecule has 5 rings (SSSR count). The second kappa shape index (κ2) is 34.9. The standard InChI is InChI=1S/C54H82N14O21S3/c1-5-65-14-16-66(18-19-68(31-47(73)74)21-20-67(17-15-65)30-46(71)72)29-45(70)61-42(33-91(84,85)86)52(78)62-41(32-90(81,82)83)51(77)56-11-10-55-44(69)7-6-22-89-37-23-34(2)49(35(3)24-37)92(87,88)63-40(53(79)80)27-59-50(76)39-28-64(4)43-25-36(8-9-38(43)48(39)75)26-60-54-57-12-13-58-54/h8-9,12-13,23-25,28,40-42,63,81-86H,5-7,10-11,14-22,26-27,29-33H2,1-4H3,(H,55,69)(H,56,77)(H,59,76)(H,61,70)(H,62,78)(H,71,72)(H,73,74)(H,79,80)(H2,57,58,60)/t40-,41-,42-/m0/s1. The smallest absolute Gasteiger partial charge is 0.323 e. The number of carboxylic acids is 3. The quantitative estimate of drug-likeness (QED) is 0.0251. The van der Waals surface area contributed by atoms with Gasteiger partial charge in [0.2, 0.25) is 39.1 Å². The third kappa shape index (κ3) is 25.1. The second-order valence-electron chi connectivity index (χ2n) is 21.7. The van der Waals surface area contributed by atoms with Crippen molar-refractivity contribution in [3.05, 3.63) is 81.4 Å². The van der Waals surface area contributed by atoms with E-state index in [1.54, 1.807) is 56.9 Å². The Labute approximate surface area is 532 Å². The highest BCUT2D eigenvalue weighted by Gasteiger charge is 2.35. The van der Waals surface area contributed by atoms with Crippen molar-refractivity contribution in [2.75, 3.05) is 122 Å². The molecule has 0 bridgehead atoms. The number of fused-ring (bicyclic) bond motifs is 1. The molecule has 3 atom stereocenters. The molecular weight excluding hydrogens is 1280 g/mol. The molecule has 1 fully saturated rings. The number of carbonyl (C=O) groups is 8. The zero-order valence-corrected chi connectivity index (χ0v) is 53.5.